The summed E-state index contributed by atoms with van der Waals surface area (Å²) in [6.45, 7) is 5.96. The zero-order valence-electron chi connectivity index (χ0n) is 9.36. The molecule has 1 aromatic carbocycles. The average Bonchev–Trinajstić information content (AvgIpc) is 2.14. The van der Waals surface area contributed by atoms with Crippen LogP contribution >= 0.6 is 0 Å². The Bertz CT molecular complexity index is 350. The molecule has 0 aliphatic rings. The van der Waals surface area contributed by atoms with Crippen molar-refractivity contribution in [2.45, 2.75) is 19.6 Å². The highest BCUT2D eigenvalue weighted by Crippen LogP contribution is 2.05. The summed E-state index contributed by atoms with van der Waals surface area (Å²) in [6.07, 6.45) is 3.25. The first-order chi connectivity index (χ1) is 6.97. The monoisotopic (exact) mass is 220 g/mol. The minimum Gasteiger partial charge on any atom is -0.517 e. The summed E-state index contributed by atoms with van der Waals surface area (Å²) in [5, 5.41) is 0. The van der Waals surface area contributed by atoms with Gasteiger partial charge in [-0.05, 0) is 31.3 Å². The highest BCUT2D eigenvalue weighted by molar-refractivity contribution is 6.71. The molecule has 1 aromatic rings. The first-order valence-corrected chi connectivity index (χ1v) is 8.34. The van der Waals surface area contributed by atoms with Gasteiger partial charge < -0.3 is 4.43 Å². The van der Waals surface area contributed by atoms with Gasteiger partial charge in [-0.2, -0.15) is 0 Å². The molecule has 80 valence electrons. The van der Waals surface area contributed by atoms with Gasteiger partial charge in [-0.15, -0.1) is 0 Å². The topological polar surface area (TPSA) is 26.3 Å². The van der Waals surface area contributed by atoms with Crippen molar-refractivity contribution in [3.8, 4) is 0 Å². The lowest BCUT2D eigenvalue weighted by Crippen LogP contribution is -2.28. The number of hydrogen-bond donors (Lipinski definition) is 0. The predicted octanol–water partition coefficient (Wildman–Crippen LogP) is 3.08. The molecule has 0 heterocycles. The molecule has 0 amide bonds. The molecular weight excluding hydrogens is 204 g/mol. The molecule has 15 heavy (non-hydrogen) atoms. The van der Waals surface area contributed by atoms with Crippen LogP contribution in [0.25, 0.3) is 6.08 Å². The van der Waals surface area contributed by atoms with E-state index in [1.165, 1.54) is 6.08 Å². The molecule has 3 heteroatoms. The van der Waals surface area contributed by atoms with Crippen LogP contribution in [0.5, 0.6) is 0 Å². The fraction of sp³-hybridized carbons (Fsp3) is 0.250. The van der Waals surface area contributed by atoms with Gasteiger partial charge >= 0.3 is 5.97 Å². The maximum Gasteiger partial charge on any atom is 0.317 e. The second-order valence-electron chi connectivity index (χ2n) is 4.28. The van der Waals surface area contributed by atoms with Gasteiger partial charge in [0.25, 0.3) is 0 Å². The van der Waals surface area contributed by atoms with Gasteiger partial charge in [-0.3, -0.25) is 0 Å². The quantitative estimate of drug-likeness (QED) is 0.578. The van der Waals surface area contributed by atoms with Crippen LogP contribution in [-0.2, 0) is 9.22 Å². The van der Waals surface area contributed by atoms with Crippen molar-refractivity contribution in [1.29, 1.82) is 0 Å². The highest BCUT2D eigenvalue weighted by Gasteiger charge is 2.17. The number of carbonyl (C=O) groups excluding carboxylic acids is 1. The van der Waals surface area contributed by atoms with Gasteiger partial charge in [0.2, 0.25) is 8.32 Å². The van der Waals surface area contributed by atoms with Crippen molar-refractivity contribution in [2.75, 3.05) is 0 Å². The van der Waals surface area contributed by atoms with E-state index in [4.69, 9.17) is 4.43 Å². The van der Waals surface area contributed by atoms with Crippen molar-refractivity contribution in [3.05, 3.63) is 42.0 Å². The van der Waals surface area contributed by atoms with E-state index in [2.05, 4.69) is 0 Å². The molecule has 0 saturated heterocycles. The Balaban J connectivity index is 2.56. The van der Waals surface area contributed by atoms with Crippen molar-refractivity contribution in [2.24, 2.45) is 0 Å². The van der Waals surface area contributed by atoms with Crippen LogP contribution in [0, 0.1) is 0 Å². The molecule has 0 aliphatic heterocycles. The van der Waals surface area contributed by atoms with Gasteiger partial charge in [0, 0.05) is 6.08 Å². The Morgan fingerprint density at radius 2 is 1.80 bits per heavy atom. The Morgan fingerprint density at radius 3 is 2.33 bits per heavy atom. The summed E-state index contributed by atoms with van der Waals surface area (Å²) in [4.78, 5) is 11.4. The van der Waals surface area contributed by atoms with Crippen LogP contribution in [0.1, 0.15) is 5.56 Å². The zero-order chi connectivity index (χ0) is 11.3. The molecule has 0 fully saturated rings. The minimum absolute atomic E-state index is 0.252. The standard InChI is InChI=1S/C12H16O2Si/c1-15(2,3)14-12(13)10-9-11-7-5-4-6-8-11/h4-10H,1-3H3/b10-9+. The Hall–Kier alpha value is -1.35. The third kappa shape index (κ3) is 5.17. The van der Waals surface area contributed by atoms with E-state index in [9.17, 15) is 4.79 Å². The smallest absolute Gasteiger partial charge is 0.317 e. The first kappa shape index (κ1) is 11.7. The molecule has 0 aromatic heterocycles. The summed E-state index contributed by atoms with van der Waals surface area (Å²) in [5.74, 6) is -0.252. The fourth-order valence-corrected chi connectivity index (χ4v) is 1.74. The molecule has 0 saturated carbocycles. The normalized spacial score (nSPS) is 11.7. The second kappa shape index (κ2) is 4.93. The van der Waals surface area contributed by atoms with E-state index in [-0.39, 0.29) is 5.97 Å². The maximum atomic E-state index is 11.4. The Morgan fingerprint density at radius 1 is 1.20 bits per heavy atom. The van der Waals surface area contributed by atoms with Gasteiger partial charge in [0.15, 0.2) is 0 Å². The molecule has 0 unspecified atom stereocenters. The van der Waals surface area contributed by atoms with Crippen molar-refractivity contribution >= 4 is 20.4 Å². The molecule has 0 N–H and O–H groups in total. The third-order valence-corrected chi connectivity index (χ3v) is 2.43. The Labute approximate surface area is 91.7 Å². The van der Waals surface area contributed by atoms with E-state index in [1.54, 1.807) is 6.08 Å². The first-order valence-electron chi connectivity index (χ1n) is 4.93. The van der Waals surface area contributed by atoms with E-state index in [0.717, 1.165) is 5.56 Å². The third-order valence-electron chi connectivity index (χ3n) is 1.62. The van der Waals surface area contributed by atoms with Crippen LogP contribution in [0.3, 0.4) is 0 Å². The van der Waals surface area contributed by atoms with Crippen LogP contribution in [0.4, 0.5) is 0 Å². The van der Waals surface area contributed by atoms with E-state index in [1.807, 2.05) is 50.0 Å². The van der Waals surface area contributed by atoms with E-state index in [0.29, 0.717) is 0 Å². The highest BCUT2D eigenvalue weighted by atomic mass is 28.4. The molecule has 0 aliphatic carbocycles. The molecule has 0 spiro atoms. The summed E-state index contributed by atoms with van der Waals surface area (Å²) < 4.78 is 5.27. The summed E-state index contributed by atoms with van der Waals surface area (Å²) in [5.41, 5.74) is 1.00. The lowest BCUT2D eigenvalue weighted by Gasteiger charge is -2.15. The predicted molar refractivity (Wildman–Crippen MR) is 64.9 cm³/mol. The van der Waals surface area contributed by atoms with Crippen molar-refractivity contribution in [1.82, 2.24) is 0 Å². The second-order valence-corrected chi connectivity index (χ2v) is 8.71. The summed E-state index contributed by atoms with van der Waals surface area (Å²) in [7, 11) is -1.76. The maximum absolute atomic E-state index is 11.4. The number of rotatable bonds is 3. The molecule has 1 rings (SSSR count). The lowest BCUT2D eigenvalue weighted by molar-refractivity contribution is -0.129. The van der Waals surface area contributed by atoms with Crippen molar-refractivity contribution < 1.29 is 9.22 Å². The van der Waals surface area contributed by atoms with Gasteiger partial charge in [-0.25, -0.2) is 4.79 Å². The molecule has 0 atom stereocenters. The molecule has 0 bridgehead atoms. The van der Waals surface area contributed by atoms with Gasteiger partial charge in [0.1, 0.15) is 0 Å². The van der Waals surface area contributed by atoms with Crippen molar-refractivity contribution in [3.63, 3.8) is 0 Å². The average molecular weight is 220 g/mol. The molecule has 0 radical (unpaired) electrons. The number of benzene rings is 1. The van der Waals surface area contributed by atoms with Gasteiger partial charge in [0.05, 0.1) is 0 Å². The summed E-state index contributed by atoms with van der Waals surface area (Å²) in [6, 6.07) is 9.70. The lowest BCUT2D eigenvalue weighted by atomic mass is 10.2. The minimum atomic E-state index is -1.76. The fourth-order valence-electron chi connectivity index (χ4n) is 1.06. The van der Waals surface area contributed by atoms with Crippen LogP contribution in [0.2, 0.25) is 19.6 Å². The van der Waals surface area contributed by atoms with E-state index < -0.39 is 8.32 Å². The largest absolute Gasteiger partial charge is 0.517 e. The zero-order valence-corrected chi connectivity index (χ0v) is 10.4. The molecular formula is C12H16O2Si. The van der Waals surface area contributed by atoms with Crippen LogP contribution in [-0.4, -0.2) is 14.3 Å². The van der Waals surface area contributed by atoms with Gasteiger partial charge in [-0.1, -0.05) is 30.3 Å². The Kier molecular flexibility index (Phi) is 3.86. The van der Waals surface area contributed by atoms with E-state index >= 15 is 0 Å². The SMILES string of the molecule is C[Si](C)(C)OC(=O)/C=C/c1ccccc1. The van der Waals surface area contributed by atoms with Crippen LogP contribution in [0.15, 0.2) is 36.4 Å². The van der Waals surface area contributed by atoms with Crippen LogP contribution < -0.4 is 0 Å². The molecule has 2 nitrogen and oxygen atoms in total. The summed E-state index contributed by atoms with van der Waals surface area (Å²) >= 11 is 0. The number of hydrogen-bond acceptors (Lipinski definition) is 2. The number of carbonyl (C=O) groups is 1.